The van der Waals surface area contributed by atoms with Crippen LogP contribution in [-0.4, -0.2) is 46.7 Å². The highest BCUT2D eigenvalue weighted by molar-refractivity contribution is 7.93. The quantitative estimate of drug-likeness (QED) is 0.689. The highest BCUT2D eigenvalue weighted by Gasteiger charge is 2.42. The van der Waals surface area contributed by atoms with Crippen molar-refractivity contribution >= 4 is 27.3 Å². The number of benzene rings is 2. The Bertz CT molecular complexity index is 1020. The van der Waals surface area contributed by atoms with E-state index in [1.54, 1.807) is 18.2 Å². The molecule has 3 heterocycles. The standard InChI is InChI=1S/C18H17ClN2O4S/c1-20-4-5-21-14-10-16-15(24-6-7-25-16)9-13(14)18(20)12-3-2-11(19)8-17(12)26(21,22)23/h2-3,8-10,18H,4-7H2,1H3. The third-order valence-corrected chi connectivity index (χ3v) is 7.29. The van der Waals surface area contributed by atoms with Gasteiger partial charge in [-0.25, -0.2) is 8.42 Å². The van der Waals surface area contributed by atoms with Gasteiger partial charge in [0.25, 0.3) is 10.0 Å². The van der Waals surface area contributed by atoms with Gasteiger partial charge in [0.05, 0.1) is 16.6 Å². The molecule has 0 fully saturated rings. The van der Waals surface area contributed by atoms with Gasteiger partial charge in [-0.2, -0.15) is 0 Å². The van der Waals surface area contributed by atoms with E-state index in [4.69, 9.17) is 21.1 Å². The fraction of sp³-hybridized carbons (Fsp3) is 0.333. The molecular formula is C18H17ClN2O4S. The van der Waals surface area contributed by atoms with Gasteiger partial charge in [-0.15, -0.1) is 0 Å². The SMILES string of the molecule is CN1CCN2c3cc4c(cc3C1c1ccc(Cl)cc1S2(=O)=O)OCCO4. The Balaban J connectivity index is 1.87. The summed E-state index contributed by atoms with van der Waals surface area (Å²) in [7, 11) is -1.71. The molecule has 136 valence electrons. The summed E-state index contributed by atoms with van der Waals surface area (Å²) in [6, 6.07) is 8.61. The van der Waals surface area contributed by atoms with Crippen LogP contribution in [0.15, 0.2) is 35.2 Å². The summed E-state index contributed by atoms with van der Waals surface area (Å²) in [5.74, 6) is 1.24. The molecular weight excluding hydrogens is 376 g/mol. The Kier molecular flexibility index (Phi) is 3.44. The van der Waals surface area contributed by atoms with E-state index in [1.165, 1.54) is 4.31 Å². The third kappa shape index (κ3) is 2.17. The number of anilines is 1. The number of hydrogen-bond acceptors (Lipinski definition) is 5. The van der Waals surface area contributed by atoms with E-state index in [9.17, 15) is 8.42 Å². The lowest BCUT2D eigenvalue weighted by atomic mass is 9.95. The lowest BCUT2D eigenvalue weighted by Crippen LogP contribution is -2.38. The van der Waals surface area contributed by atoms with Gasteiger partial charge >= 0.3 is 0 Å². The van der Waals surface area contributed by atoms with Crippen LogP contribution in [0, 0.1) is 0 Å². The van der Waals surface area contributed by atoms with Crippen LogP contribution in [0.25, 0.3) is 0 Å². The molecule has 5 rings (SSSR count). The number of likely N-dealkylation sites (N-methyl/N-ethyl adjacent to an activating group) is 1. The van der Waals surface area contributed by atoms with Crippen molar-refractivity contribution in [3.05, 3.63) is 46.5 Å². The van der Waals surface area contributed by atoms with Gasteiger partial charge in [-0.3, -0.25) is 9.21 Å². The lowest BCUT2D eigenvalue weighted by Gasteiger charge is -2.30. The first-order valence-corrected chi connectivity index (χ1v) is 10.2. The zero-order chi connectivity index (χ0) is 18.1. The number of rotatable bonds is 0. The van der Waals surface area contributed by atoms with Crippen molar-refractivity contribution in [2.75, 3.05) is 37.7 Å². The van der Waals surface area contributed by atoms with Crippen LogP contribution in [0.5, 0.6) is 11.5 Å². The van der Waals surface area contributed by atoms with Gasteiger partial charge in [-0.05, 0) is 30.8 Å². The van der Waals surface area contributed by atoms with Crippen molar-refractivity contribution in [3.8, 4) is 11.5 Å². The first kappa shape index (κ1) is 16.2. The maximum atomic E-state index is 13.4. The Morgan fingerprint density at radius 2 is 1.77 bits per heavy atom. The number of halogens is 1. The number of hydrogen-bond donors (Lipinski definition) is 0. The summed E-state index contributed by atoms with van der Waals surface area (Å²) in [5.41, 5.74) is 2.28. The number of sulfonamides is 1. The zero-order valence-electron chi connectivity index (χ0n) is 14.1. The average molecular weight is 393 g/mol. The van der Waals surface area contributed by atoms with E-state index in [2.05, 4.69) is 4.90 Å². The summed E-state index contributed by atoms with van der Waals surface area (Å²) in [6.45, 7) is 1.93. The highest BCUT2D eigenvalue weighted by Crippen LogP contribution is 2.49. The van der Waals surface area contributed by atoms with Crippen molar-refractivity contribution < 1.29 is 17.9 Å². The molecule has 2 aromatic rings. The predicted octanol–water partition coefficient (Wildman–Crippen LogP) is 2.65. The Morgan fingerprint density at radius 1 is 1.04 bits per heavy atom. The maximum absolute atomic E-state index is 13.4. The molecule has 8 heteroatoms. The van der Waals surface area contributed by atoms with E-state index in [0.717, 1.165) is 11.1 Å². The van der Waals surface area contributed by atoms with Gasteiger partial charge in [-0.1, -0.05) is 17.7 Å². The molecule has 26 heavy (non-hydrogen) atoms. The average Bonchev–Trinajstić information content (AvgIpc) is 2.80. The fourth-order valence-electron chi connectivity index (χ4n) is 4.00. The van der Waals surface area contributed by atoms with Gasteiger partial charge in [0.15, 0.2) is 11.5 Å². The maximum Gasteiger partial charge on any atom is 0.264 e. The molecule has 2 aromatic carbocycles. The topological polar surface area (TPSA) is 59.1 Å². The first-order chi connectivity index (χ1) is 12.5. The minimum atomic E-state index is -3.71. The predicted molar refractivity (Wildman–Crippen MR) is 97.9 cm³/mol. The van der Waals surface area contributed by atoms with E-state index in [0.29, 0.717) is 48.5 Å². The van der Waals surface area contributed by atoms with Crippen molar-refractivity contribution in [2.24, 2.45) is 0 Å². The molecule has 0 N–H and O–H groups in total. The van der Waals surface area contributed by atoms with Crippen LogP contribution < -0.4 is 13.8 Å². The number of nitrogens with zero attached hydrogens (tertiary/aromatic N) is 2. The minimum Gasteiger partial charge on any atom is -0.486 e. The molecule has 0 spiro atoms. The molecule has 1 unspecified atom stereocenters. The zero-order valence-corrected chi connectivity index (χ0v) is 15.7. The second kappa shape index (κ2) is 5.52. The van der Waals surface area contributed by atoms with Crippen molar-refractivity contribution in [3.63, 3.8) is 0 Å². The smallest absolute Gasteiger partial charge is 0.264 e. The van der Waals surface area contributed by atoms with Crippen molar-refractivity contribution in [2.45, 2.75) is 10.9 Å². The Labute approximate surface area is 156 Å². The van der Waals surface area contributed by atoms with Crippen LogP contribution in [-0.2, 0) is 10.0 Å². The van der Waals surface area contributed by atoms with Crippen LogP contribution in [0.1, 0.15) is 17.2 Å². The number of fused-ring (bicyclic) bond motifs is 3. The summed E-state index contributed by atoms with van der Waals surface area (Å²) >= 11 is 6.13. The summed E-state index contributed by atoms with van der Waals surface area (Å²) in [5, 5.41) is 0.408. The van der Waals surface area contributed by atoms with Crippen LogP contribution in [0.3, 0.4) is 0 Å². The third-order valence-electron chi connectivity index (χ3n) is 5.19. The number of ether oxygens (including phenoxy) is 2. The van der Waals surface area contributed by atoms with Crippen molar-refractivity contribution in [1.29, 1.82) is 0 Å². The lowest BCUT2D eigenvalue weighted by molar-refractivity contribution is 0.171. The molecule has 0 amide bonds. The summed E-state index contributed by atoms with van der Waals surface area (Å²) < 4.78 is 39.7. The van der Waals surface area contributed by atoms with Gasteiger partial charge < -0.3 is 9.47 Å². The monoisotopic (exact) mass is 392 g/mol. The molecule has 2 bridgehead atoms. The molecule has 0 aliphatic carbocycles. The van der Waals surface area contributed by atoms with E-state index in [-0.39, 0.29) is 10.9 Å². The molecule has 0 saturated carbocycles. The van der Waals surface area contributed by atoms with Crippen LogP contribution >= 0.6 is 11.6 Å². The Hall–Kier alpha value is -1.96. The van der Waals surface area contributed by atoms with E-state index in [1.807, 2.05) is 19.2 Å². The summed E-state index contributed by atoms with van der Waals surface area (Å²) in [6.07, 6.45) is 0. The second-order valence-electron chi connectivity index (χ2n) is 6.70. The molecule has 3 aliphatic heterocycles. The normalized spacial score (nSPS) is 23.0. The molecule has 6 nitrogen and oxygen atoms in total. The fourth-order valence-corrected chi connectivity index (χ4v) is 5.96. The van der Waals surface area contributed by atoms with Gasteiger partial charge in [0.1, 0.15) is 13.2 Å². The molecule has 3 aliphatic rings. The molecule has 0 saturated heterocycles. The molecule has 0 radical (unpaired) electrons. The minimum absolute atomic E-state index is 0.199. The van der Waals surface area contributed by atoms with Gasteiger partial charge in [0, 0.05) is 29.7 Å². The van der Waals surface area contributed by atoms with Crippen LogP contribution in [0.4, 0.5) is 5.69 Å². The Morgan fingerprint density at radius 3 is 2.54 bits per heavy atom. The first-order valence-electron chi connectivity index (χ1n) is 8.43. The second-order valence-corrected chi connectivity index (χ2v) is 8.96. The molecule has 0 aromatic heterocycles. The van der Waals surface area contributed by atoms with Crippen molar-refractivity contribution in [1.82, 2.24) is 4.90 Å². The largest absolute Gasteiger partial charge is 0.486 e. The van der Waals surface area contributed by atoms with E-state index >= 15 is 0 Å². The summed E-state index contributed by atoms with van der Waals surface area (Å²) in [4.78, 5) is 2.42. The van der Waals surface area contributed by atoms with Gasteiger partial charge in [0.2, 0.25) is 0 Å². The highest BCUT2D eigenvalue weighted by atomic mass is 35.5. The molecule has 1 atom stereocenters. The van der Waals surface area contributed by atoms with E-state index < -0.39 is 10.0 Å². The van der Waals surface area contributed by atoms with Crippen LogP contribution in [0.2, 0.25) is 5.02 Å².